The Morgan fingerprint density at radius 1 is 1.56 bits per heavy atom. The van der Waals surface area contributed by atoms with E-state index in [9.17, 15) is 4.79 Å². The van der Waals surface area contributed by atoms with Crippen LogP contribution in [-0.4, -0.2) is 11.7 Å². The van der Waals surface area contributed by atoms with E-state index < -0.39 is 6.03 Å². The van der Waals surface area contributed by atoms with E-state index in [2.05, 4.69) is 30.5 Å². The Hall–Kier alpha value is -1.32. The van der Waals surface area contributed by atoms with Gasteiger partial charge in [-0.3, -0.25) is 0 Å². The number of nitrogens with zero attached hydrogens (tertiary/aromatic N) is 1. The van der Waals surface area contributed by atoms with Gasteiger partial charge in [0.2, 0.25) is 0 Å². The molecule has 0 radical (unpaired) electrons. The van der Waals surface area contributed by atoms with Crippen LogP contribution < -0.4 is 11.2 Å². The zero-order valence-electron chi connectivity index (χ0n) is 9.92. The van der Waals surface area contributed by atoms with Crippen molar-refractivity contribution in [3.63, 3.8) is 0 Å². The van der Waals surface area contributed by atoms with E-state index in [-0.39, 0.29) is 5.41 Å². The second-order valence-corrected chi connectivity index (χ2v) is 5.13. The van der Waals surface area contributed by atoms with Gasteiger partial charge in [0.1, 0.15) is 0 Å². The Balaban J connectivity index is 2.22. The average Bonchev–Trinajstić information content (AvgIpc) is 2.65. The summed E-state index contributed by atoms with van der Waals surface area (Å²) in [7, 11) is 0. The second-order valence-electron chi connectivity index (χ2n) is 5.13. The summed E-state index contributed by atoms with van der Waals surface area (Å²) in [5.74, 6) is 0.725. The highest BCUT2D eigenvalue weighted by atomic mass is 16.2. The molecular formula is C12H19N3O. The monoisotopic (exact) mass is 221 g/mol. The molecule has 1 fully saturated rings. The fraction of sp³-hybridized carbons (Fsp3) is 0.667. The van der Waals surface area contributed by atoms with Crippen LogP contribution in [0.15, 0.2) is 16.8 Å². The van der Waals surface area contributed by atoms with Crippen molar-refractivity contribution in [2.24, 2.45) is 22.2 Å². The van der Waals surface area contributed by atoms with Gasteiger partial charge in [0.05, 0.1) is 0 Å². The molecule has 16 heavy (non-hydrogen) atoms. The van der Waals surface area contributed by atoms with E-state index >= 15 is 0 Å². The van der Waals surface area contributed by atoms with Crippen LogP contribution in [0, 0.1) is 11.3 Å². The topological polar surface area (TPSA) is 67.5 Å². The number of nitrogens with one attached hydrogen (secondary N) is 1. The molecule has 2 aliphatic rings. The third-order valence-electron chi connectivity index (χ3n) is 3.79. The molecule has 4 nitrogen and oxygen atoms in total. The van der Waals surface area contributed by atoms with E-state index in [1.807, 2.05) is 0 Å². The number of amides is 2. The Kier molecular flexibility index (Phi) is 2.74. The number of hydrogen-bond acceptors (Lipinski definition) is 2. The molecule has 0 aromatic carbocycles. The lowest BCUT2D eigenvalue weighted by molar-refractivity contribution is 0.249. The van der Waals surface area contributed by atoms with Gasteiger partial charge in [0.25, 0.3) is 0 Å². The third kappa shape index (κ3) is 1.84. The van der Waals surface area contributed by atoms with Gasteiger partial charge in [-0.1, -0.05) is 25.5 Å². The first-order valence-electron chi connectivity index (χ1n) is 5.85. The molecule has 1 saturated carbocycles. The van der Waals surface area contributed by atoms with Crippen molar-refractivity contribution < 1.29 is 4.79 Å². The van der Waals surface area contributed by atoms with Crippen LogP contribution in [0.3, 0.4) is 0 Å². The SMILES string of the molecule is CC1(C)C2=CCCC2CC/C1=N\NC(N)=O. The minimum absolute atomic E-state index is 0.0259. The van der Waals surface area contributed by atoms with E-state index in [0.29, 0.717) is 0 Å². The van der Waals surface area contributed by atoms with Crippen LogP contribution in [0.25, 0.3) is 0 Å². The van der Waals surface area contributed by atoms with Crippen LogP contribution in [-0.2, 0) is 0 Å². The number of primary amides is 1. The minimum Gasteiger partial charge on any atom is -0.350 e. The summed E-state index contributed by atoms with van der Waals surface area (Å²) >= 11 is 0. The molecule has 0 aliphatic heterocycles. The molecule has 0 aromatic heterocycles. The lowest BCUT2D eigenvalue weighted by Gasteiger charge is -2.37. The molecule has 0 spiro atoms. The van der Waals surface area contributed by atoms with Crippen molar-refractivity contribution in [2.75, 3.05) is 0 Å². The molecule has 0 aromatic rings. The summed E-state index contributed by atoms with van der Waals surface area (Å²) in [5, 5.41) is 4.15. The molecule has 4 heteroatoms. The normalized spacial score (nSPS) is 29.8. The maximum absolute atomic E-state index is 10.7. The van der Waals surface area contributed by atoms with E-state index in [4.69, 9.17) is 5.73 Å². The van der Waals surface area contributed by atoms with Crippen LogP contribution in [0.2, 0.25) is 0 Å². The van der Waals surface area contributed by atoms with Gasteiger partial charge in [0, 0.05) is 11.1 Å². The summed E-state index contributed by atoms with van der Waals surface area (Å²) in [5.41, 5.74) is 9.88. The molecule has 0 bridgehead atoms. The minimum atomic E-state index is -0.592. The summed E-state index contributed by atoms with van der Waals surface area (Å²) in [6.45, 7) is 4.36. The molecule has 1 atom stereocenters. The van der Waals surface area contributed by atoms with Crippen LogP contribution in [0.5, 0.6) is 0 Å². The summed E-state index contributed by atoms with van der Waals surface area (Å²) in [6.07, 6.45) is 6.89. The predicted octanol–water partition coefficient (Wildman–Crippen LogP) is 2.17. The van der Waals surface area contributed by atoms with Crippen molar-refractivity contribution in [1.29, 1.82) is 0 Å². The van der Waals surface area contributed by atoms with Crippen molar-refractivity contribution >= 4 is 11.7 Å². The standard InChI is InChI=1S/C12H19N3O/c1-12(2)9-5-3-4-8(9)6-7-10(12)14-15-11(13)16/h5,8H,3-4,6-7H2,1-2H3,(H3,13,15,16)/b14-10+. The smallest absolute Gasteiger partial charge is 0.332 e. The van der Waals surface area contributed by atoms with Gasteiger partial charge in [-0.15, -0.1) is 0 Å². The first kappa shape index (κ1) is 11.2. The highest BCUT2D eigenvalue weighted by molar-refractivity contribution is 5.94. The number of hydrogen-bond donors (Lipinski definition) is 2. The fourth-order valence-electron chi connectivity index (χ4n) is 2.94. The highest BCUT2D eigenvalue weighted by Gasteiger charge is 2.39. The zero-order chi connectivity index (χ0) is 11.8. The van der Waals surface area contributed by atoms with Gasteiger partial charge >= 0.3 is 6.03 Å². The van der Waals surface area contributed by atoms with Crippen molar-refractivity contribution in [3.8, 4) is 0 Å². The number of carbonyl (C=O) groups excluding carboxylic acids is 1. The Labute approximate surface area is 96.0 Å². The predicted molar refractivity (Wildman–Crippen MR) is 64.0 cm³/mol. The molecule has 1 unspecified atom stereocenters. The van der Waals surface area contributed by atoms with Gasteiger partial charge in [-0.2, -0.15) is 5.10 Å². The first-order chi connectivity index (χ1) is 7.51. The summed E-state index contributed by atoms with van der Waals surface area (Å²) < 4.78 is 0. The summed E-state index contributed by atoms with van der Waals surface area (Å²) in [4.78, 5) is 10.7. The maximum Gasteiger partial charge on any atom is 0.332 e. The van der Waals surface area contributed by atoms with E-state index in [1.54, 1.807) is 0 Å². The van der Waals surface area contributed by atoms with Gasteiger partial charge < -0.3 is 5.73 Å². The molecule has 3 N–H and O–H groups in total. The largest absolute Gasteiger partial charge is 0.350 e. The Morgan fingerprint density at radius 3 is 3.00 bits per heavy atom. The third-order valence-corrected chi connectivity index (χ3v) is 3.79. The van der Waals surface area contributed by atoms with Crippen molar-refractivity contribution in [3.05, 3.63) is 11.6 Å². The number of hydrazone groups is 1. The molecule has 0 saturated heterocycles. The van der Waals surface area contributed by atoms with E-state index in [0.717, 1.165) is 24.5 Å². The van der Waals surface area contributed by atoms with Crippen LogP contribution in [0.4, 0.5) is 4.79 Å². The number of fused-ring (bicyclic) bond motifs is 1. The number of rotatable bonds is 1. The lowest BCUT2D eigenvalue weighted by atomic mass is 9.68. The highest BCUT2D eigenvalue weighted by Crippen LogP contribution is 2.46. The Bertz CT molecular complexity index is 368. The first-order valence-corrected chi connectivity index (χ1v) is 5.85. The molecule has 2 amide bonds. The Morgan fingerprint density at radius 2 is 2.31 bits per heavy atom. The lowest BCUT2D eigenvalue weighted by Crippen LogP contribution is -2.37. The maximum atomic E-state index is 10.7. The quantitative estimate of drug-likeness (QED) is 0.517. The zero-order valence-corrected chi connectivity index (χ0v) is 9.92. The molecular weight excluding hydrogens is 202 g/mol. The molecule has 0 heterocycles. The van der Waals surface area contributed by atoms with Crippen LogP contribution >= 0.6 is 0 Å². The molecule has 2 rings (SSSR count). The van der Waals surface area contributed by atoms with Gasteiger partial charge in [-0.25, -0.2) is 10.2 Å². The number of allylic oxidation sites excluding steroid dienone is 2. The summed E-state index contributed by atoms with van der Waals surface area (Å²) in [6, 6.07) is -0.592. The molecule has 88 valence electrons. The average molecular weight is 221 g/mol. The number of urea groups is 1. The number of nitrogens with two attached hydrogens (primary N) is 1. The van der Waals surface area contributed by atoms with Crippen molar-refractivity contribution in [2.45, 2.75) is 39.5 Å². The fourth-order valence-corrected chi connectivity index (χ4v) is 2.94. The number of carbonyl (C=O) groups is 1. The van der Waals surface area contributed by atoms with Crippen molar-refractivity contribution in [1.82, 2.24) is 5.43 Å². The van der Waals surface area contributed by atoms with E-state index in [1.165, 1.54) is 18.4 Å². The second kappa shape index (κ2) is 3.92. The van der Waals surface area contributed by atoms with Crippen LogP contribution in [0.1, 0.15) is 39.5 Å². The molecule has 2 aliphatic carbocycles. The van der Waals surface area contributed by atoms with Gasteiger partial charge in [-0.05, 0) is 31.6 Å². The van der Waals surface area contributed by atoms with Gasteiger partial charge in [0.15, 0.2) is 0 Å².